The van der Waals surface area contributed by atoms with Crippen LogP contribution in [-0.2, 0) is 27.9 Å². The fourth-order valence-corrected chi connectivity index (χ4v) is 10.9. The zero-order chi connectivity index (χ0) is 58.6. The number of phosphoric ester groups is 1. The van der Waals surface area contributed by atoms with Gasteiger partial charge in [0, 0.05) is 12.8 Å². The van der Waals surface area contributed by atoms with Crippen molar-refractivity contribution in [1.29, 1.82) is 0 Å². The van der Waals surface area contributed by atoms with Crippen molar-refractivity contribution < 1.29 is 37.3 Å². The molecule has 0 saturated carbocycles. The van der Waals surface area contributed by atoms with E-state index in [4.69, 9.17) is 13.8 Å². The first-order chi connectivity index (χ1) is 38.9. The number of nitrogens with zero attached hydrogens (tertiary/aromatic N) is 1. The van der Waals surface area contributed by atoms with Gasteiger partial charge in [0.1, 0.15) is 19.3 Å². The van der Waals surface area contributed by atoms with Gasteiger partial charge in [0.05, 0.1) is 33.8 Å². The number of hydrogen-bond donors (Lipinski definition) is 1. The smallest absolute Gasteiger partial charge is 0.306 e. The molecule has 0 bridgehead atoms. The second kappa shape index (κ2) is 60.1. The third kappa shape index (κ3) is 60.6. The normalized spacial score (nSPS) is 13.8. The zero-order valence-electron chi connectivity index (χ0n) is 53.8. The lowest BCUT2D eigenvalue weighted by molar-refractivity contribution is -0.870. The van der Waals surface area contributed by atoms with E-state index in [0.29, 0.717) is 17.4 Å². The second-order valence-electron chi connectivity index (χ2n) is 24.7. The number of rotatable bonds is 63. The van der Waals surface area contributed by atoms with Crippen molar-refractivity contribution in [3.8, 4) is 0 Å². The first-order valence-corrected chi connectivity index (χ1v) is 35.9. The minimum Gasteiger partial charge on any atom is -0.756 e. The molecule has 10 heteroatoms. The van der Waals surface area contributed by atoms with E-state index in [-0.39, 0.29) is 31.5 Å². The van der Waals surface area contributed by atoms with Crippen LogP contribution in [0.15, 0.2) is 48.6 Å². The van der Waals surface area contributed by atoms with Crippen LogP contribution in [-0.4, -0.2) is 69.4 Å². The van der Waals surface area contributed by atoms with Gasteiger partial charge < -0.3 is 28.5 Å². The van der Waals surface area contributed by atoms with E-state index in [1.807, 2.05) is 33.3 Å². The Morgan fingerprint density at radius 3 is 1.16 bits per heavy atom. The van der Waals surface area contributed by atoms with Crippen molar-refractivity contribution in [1.82, 2.24) is 5.32 Å². The summed E-state index contributed by atoms with van der Waals surface area (Å²) in [5.41, 5.74) is 0. The van der Waals surface area contributed by atoms with Gasteiger partial charge in [-0.3, -0.25) is 14.2 Å². The van der Waals surface area contributed by atoms with E-state index >= 15 is 0 Å². The Bertz CT molecular complexity index is 1510. The molecule has 0 saturated heterocycles. The molecular weight excluding hydrogens is 1010 g/mol. The number of nitrogens with one attached hydrogen (secondary N) is 1. The molecule has 0 aliphatic heterocycles. The number of allylic oxidation sites excluding steroid dienone is 7. The van der Waals surface area contributed by atoms with Crippen LogP contribution in [0.2, 0.25) is 0 Å². The fourth-order valence-electron chi connectivity index (χ4n) is 10.2. The maximum Gasteiger partial charge on any atom is 0.306 e. The van der Waals surface area contributed by atoms with E-state index in [0.717, 1.165) is 70.6 Å². The van der Waals surface area contributed by atoms with Gasteiger partial charge in [-0.25, -0.2) is 0 Å². The molecular formula is C70H133N2O7P. The number of carbonyl (C=O) groups excluding carboxylic acids is 2. The largest absolute Gasteiger partial charge is 0.756 e. The third-order valence-electron chi connectivity index (χ3n) is 15.5. The highest BCUT2D eigenvalue weighted by Gasteiger charge is 2.27. The van der Waals surface area contributed by atoms with E-state index in [2.05, 4.69) is 62.5 Å². The molecule has 0 aromatic heterocycles. The van der Waals surface area contributed by atoms with Gasteiger partial charge in [-0.05, 0) is 70.3 Å². The second-order valence-corrected chi connectivity index (χ2v) is 26.1. The van der Waals surface area contributed by atoms with Crippen molar-refractivity contribution in [2.24, 2.45) is 0 Å². The van der Waals surface area contributed by atoms with E-state index in [1.54, 1.807) is 0 Å². The van der Waals surface area contributed by atoms with Crippen LogP contribution in [0.25, 0.3) is 0 Å². The molecule has 0 spiro atoms. The quantitative estimate of drug-likeness (QED) is 0.0212. The summed E-state index contributed by atoms with van der Waals surface area (Å²) in [6.45, 7) is 6.86. The molecule has 9 nitrogen and oxygen atoms in total. The molecule has 3 unspecified atom stereocenters. The summed E-state index contributed by atoms with van der Waals surface area (Å²) in [5.74, 6) is -0.526. The number of amides is 1. The molecule has 0 fully saturated rings. The maximum absolute atomic E-state index is 13.6. The number of esters is 1. The lowest BCUT2D eigenvalue weighted by atomic mass is 10.0. The SMILES string of the molecule is CCCCC/C=C\C/C=C\C/C=C\CCCCCCCCCCCCCCCCC(=O)NC(COP(=O)([O-])OCC[N+](C)(C)C)C(/C=C\CCCCCCCCCCCC)OC(=O)CCCCCCCCCCCCCCCCC. The third-order valence-corrected chi connectivity index (χ3v) is 16.5. The molecule has 0 heterocycles. The Kier molecular flexibility index (Phi) is 58.6. The molecule has 470 valence electrons. The minimum atomic E-state index is -4.70. The Hall–Kier alpha value is -2.03. The Labute approximate surface area is 497 Å². The van der Waals surface area contributed by atoms with Gasteiger partial charge in [-0.15, -0.1) is 0 Å². The van der Waals surface area contributed by atoms with Gasteiger partial charge in [-0.1, -0.05) is 301 Å². The molecule has 3 atom stereocenters. The van der Waals surface area contributed by atoms with Crippen molar-refractivity contribution >= 4 is 19.7 Å². The number of unbranched alkanes of at least 4 members (excludes halogenated alkanes) is 41. The number of quaternary nitrogens is 1. The Morgan fingerprint density at radius 2 is 0.762 bits per heavy atom. The van der Waals surface area contributed by atoms with Crippen LogP contribution in [0.4, 0.5) is 0 Å². The summed E-state index contributed by atoms with van der Waals surface area (Å²) in [6.07, 6.45) is 75.1. The van der Waals surface area contributed by atoms with Crippen molar-refractivity contribution in [3.05, 3.63) is 48.6 Å². The van der Waals surface area contributed by atoms with Crippen LogP contribution in [0.5, 0.6) is 0 Å². The van der Waals surface area contributed by atoms with Crippen LogP contribution in [0.1, 0.15) is 335 Å². The monoisotopic (exact) mass is 1140 g/mol. The van der Waals surface area contributed by atoms with Gasteiger partial charge in [0.25, 0.3) is 7.82 Å². The molecule has 80 heavy (non-hydrogen) atoms. The first kappa shape index (κ1) is 78.0. The van der Waals surface area contributed by atoms with Crippen molar-refractivity contribution in [3.63, 3.8) is 0 Å². The zero-order valence-corrected chi connectivity index (χ0v) is 54.7. The first-order valence-electron chi connectivity index (χ1n) is 34.4. The van der Waals surface area contributed by atoms with Gasteiger partial charge >= 0.3 is 5.97 Å². The van der Waals surface area contributed by atoms with Gasteiger partial charge in [0.15, 0.2) is 0 Å². The predicted molar refractivity (Wildman–Crippen MR) is 344 cm³/mol. The van der Waals surface area contributed by atoms with E-state index in [1.165, 1.54) is 231 Å². The molecule has 0 aromatic carbocycles. The molecule has 0 aliphatic carbocycles. The highest BCUT2D eigenvalue weighted by Crippen LogP contribution is 2.38. The molecule has 0 rings (SSSR count). The summed E-state index contributed by atoms with van der Waals surface area (Å²) in [5, 5.41) is 3.04. The fraction of sp³-hybridized carbons (Fsp3) is 0.857. The maximum atomic E-state index is 13.6. The van der Waals surface area contributed by atoms with Crippen LogP contribution in [0, 0.1) is 0 Å². The highest BCUT2D eigenvalue weighted by molar-refractivity contribution is 7.45. The van der Waals surface area contributed by atoms with Crippen LogP contribution < -0.4 is 10.2 Å². The number of hydrogen-bond acceptors (Lipinski definition) is 7. The highest BCUT2D eigenvalue weighted by atomic mass is 31.2. The van der Waals surface area contributed by atoms with Crippen molar-refractivity contribution in [2.45, 2.75) is 348 Å². The molecule has 0 aliphatic rings. The predicted octanol–water partition coefficient (Wildman–Crippen LogP) is 21.0. The summed E-state index contributed by atoms with van der Waals surface area (Å²) < 4.78 is 30.4. The van der Waals surface area contributed by atoms with Gasteiger partial charge in [-0.2, -0.15) is 0 Å². The number of phosphoric acid groups is 1. The standard InChI is InChI=1S/C70H133N2O7P/c1-7-10-13-16-19-22-25-28-30-31-32-33-34-35-36-37-38-39-40-41-43-44-47-50-53-56-59-62-69(73)71-67(66-78-80(75,76)77-65-64-72(4,5)6)68(61-58-55-52-49-46-27-24-21-18-15-12-9-3)79-70(74)63-60-57-54-51-48-45-42-29-26-23-20-17-14-11-8-2/h19,22,28,30,32-33,58,61,67-68H,7-18,20-21,23-27,29,31,34-57,59-60,62-66H2,1-6H3,(H-,71,73,75,76)/b22-19-,30-28-,33-32-,61-58-. The summed E-state index contributed by atoms with van der Waals surface area (Å²) in [4.78, 5) is 40.1. The molecule has 1 N–H and O–H groups in total. The lowest BCUT2D eigenvalue weighted by Crippen LogP contribution is -2.47. The van der Waals surface area contributed by atoms with Crippen LogP contribution >= 0.6 is 7.82 Å². The summed E-state index contributed by atoms with van der Waals surface area (Å²) in [7, 11) is 1.20. The lowest BCUT2D eigenvalue weighted by Gasteiger charge is -2.30. The van der Waals surface area contributed by atoms with Crippen LogP contribution in [0.3, 0.4) is 0 Å². The van der Waals surface area contributed by atoms with E-state index < -0.39 is 20.0 Å². The van der Waals surface area contributed by atoms with E-state index in [9.17, 15) is 19.0 Å². The number of likely N-dealkylation sites (N-methyl/N-ethyl adjacent to an activating group) is 1. The minimum absolute atomic E-state index is 0.0203. The summed E-state index contributed by atoms with van der Waals surface area (Å²) in [6, 6.07) is -0.886. The summed E-state index contributed by atoms with van der Waals surface area (Å²) >= 11 is 0. The molecule has 1 amide bonds. The molecule has 0 aromatic rings. The Balaban J connectivity index is 5.00. The van der Waals surface area contributed by atoms with Crippen molar-refractivity contribution in [2.75, 3.05) is 40.9 Å². The average molecular weight is 1150 g/mol. The average Bonchev–Trinajstić information content (AvgIpc) is 3.42. The topological polar surface area (TPSA) is 114 Å². The Morgan fingerprint density at radius 1 is 0.438 bits per heavy atom. The van der Waals surface area contributed by atoms with Gasteiger partial charge in [0.2, 0.25) is 5.91 Å². The molecule has 0 radical (unpaired) electrons. The number of carbonyl (C=O) groups is 2. The number of ether oxygens (including phenoxy) is 1.